The van der Waals surface area contributed by atoms with Crippen molar-refractivity contribution in [1.82, 2.24) is 9.80 Å². The first-order valence-corrected chi connectivity index (χ1v) is 12.0. The molecule has 2 amide bonds. The van der Waals surface area contributed by atoms with Gasteiger partial charge in [-0.15, -0.1) is 0 Å². The van der Waals surface area contributed by atoms with Crippen molar-refractivity contribution in [3.8, 4) is 0 Å². The normalized spacial score (nSPS) is 36.5. The van der Waals surface area contributed by atoms with Gasteiger partial charge >= 0.3 is 6.09 Å². The number of nitrogens with zero attached hydrogens (tertiary/aromatic N) is 2. The standard InChI is InChI=1S/C25H34N2O4/c1-2-31-24(30)27-10-8-26(9-11-27)22(28)16-25(19-6-4-3-5-7-19)20-12-17-13-21(25)15-18(14-20)23(17)29/h3-7,17-18,20-21,23,29H,2,8-16H2,1H3. The van der Waals surface area contributed by atoms with E-state index in [4.69, 9.17) is 4.74 Å². The summed E-state index contributed by atoms with van der Waals surface area (Å²) in [6, 6.07) is 10.7. The van der Waals surface area contributed by atoms with Crippen molar-refractivity contribution in [2.75, 3.05) is 32.8 Å². The van der Waals surface area contributed by atoms with Crippen molar-refractivity contribution >= 4 is 12.0 Å². The van der Waals surface area contributed by atoms with Crippen LogP contribution in [0.5, 0.6) is 0 Å². The lowest BCUT2D eigenvalue weighted by atomic mass is 9.42. The van der Waals surface area contributed by atoms with Crippen molar-refractivity contribution in [3.05, 3.63) is 35.9 Å². The molecular weight excluding hydrogens is 392 g/mol. The predicted molar refractivity (Wildman–Crippen MR) is 116 cm³/mol. The maximum Gasteiger partial charge on any atom is 0.409 e. The number of carbonyl (C=O) groups is 2. The predicted octanol–water partition coefficient (Wildman–Crippen LogP) is 3.04. The molecule has 0 radical (unpaired) electrons. The van der Waals surface area contributed by atoms with E-state index in [1.807, 2.05) is 17.9 Å². The molecule has 5 aliphatic rings. The molecule has 6 heteroatoms. The second-order valence-corrected chi connectivity index (χ2v) is 10.00. The summed E-state index contributed by atoms with van der Waals surface area (Å²) in [7, 11) is 0. The van der Waals surface area contributed by atoms with Gasteiger partial charge < -0.3 is 19.6 Å². The lowest BCUT2D eigenvalue weighted by Gasteiger charge is -2.63. The highest BCUT2D eigenvalue weighted by Crippen LogP contribution is 2.64. The average molecular weight is 427 g/mol. The van der Waals surface area contributed by atoms with E-state index in [1.165, 1.54) is 5.56 Å². The van der Waals surface area contributed by atoms with Crippen LogP contribution in [-0.4, -0.2) is 65.8 Å². The van der Waals surface area contributed by atoms with Crippen molar-refractivity contribution in [2.24, 2.45) is 23.7 Å². The van der Waals surface area contributed by atoms with Gasteiger partial charge in [0.15, 0.2) is 0 Å². The summed E-state index contributed by atoms with van der Waals surface area (Å²) in [6.07, 6.45) is 4.25. The van der Waals surface area contributed by atoms with Crippen LogP contribution in [0.4, 0.5) is 4.79 Å². The van der Waals surface area contributed by atoms with Crippen LogP contribution in [0.3, 0.4) is 0 Å². The minimum atomic E-state index is -0.282. The Labute approximate surface area is 184 Å². The summed E-state index contributed by atoms with van der Waals surface area (Å²) in [6.45, 7) is 4.39. The lowest BCUT2D eigenvalue weighted by molar-refractivity contribution is -0.153. The van der Waals surface area contributed by atoms with Crippen molar-refractivity contribution in [1.29, 1.82) is 0 Å². The molecule has 5 fully saturated rings. The van der Waals surface area contributed by atoms with E-state index in [-0.39, 0.29) is 23.5 Å². The molecule has 1 N–H and O–H groups in total. The molecule has 4 aliphatic carbocycles. The Morgan fingerprint density at radius 1 is 0.968 bits per heavy atom. The first-order chi connectivity index (χ1) is 15.0. The van der Waals surface area contributed by atoms with Gasteiger partial charge in [0.2, 0.25) is 5.91 Å². The number of aliphatic hydroxyl groups is 1. The van der Waals surface area contributed by atoms with Gasteiger partial charge in [-0.25, -0.2) is 4.79 Å². The van der Waals surface area contributed by atoms with Gasteiger partial charge in [-0.1, -0.05) is 30.3 Å². The molecule has 6 rings (SSSR count). The molecule has 1 heterocycles. The summed E-state index contributed by atoms with van der Waals surface area (Å²) < 4.78 is 5.11. The molecule has 1 saturated heterocycles. The summed E-state index contributed by atoms with van der Waals surface area (Å²) in [4.78, 5) is 29.2. The third-order valence-electron chi connectivity index (χ3n) is 8.69. The summed E-state index contributed by atoms with van der Waals surface area (Å²) in [5.41, 5.74) is 1.18. The van der Waals surface area contributed by atoms with Crippen molar-refractivity contribution in [3.63, 3.8) is 0 Å². The molecule has 6 nitrogen and oxygen atoms in total. The molecule has 1 aromatic carbocycles. The molecule has 31 heavy (non-hydrogen) atoms. The largest absolute Gasteiger partial charge is 0.450 e. The van der Waals surface area contributed by atoms with Crippen LogP contribution in [0, 0.1) is 23.7 Å². The second-order valence-electron chi connectivity index (χ2n) is 10.00. The van der Waals surface area contributed by atoms with Gasteiger partial charge in [0, 0.05) is 38.0 Å². The average Bonchev–Trinajstić information content (AvgIpc) is 2.78. The monoisotopic (exact) mass is 426 g/mol. The SMILES string of the molecule is CCOC(=O)N1CCN(C(=O)CC2(c3ccccc3)C3CC4CC2CC(C3)C4O)CC1. The quantitative estimate of drug-likeness (QED) is 0.803. The van der Waals surface area contributed by atoms with Gasteiger partial charge in [-0.3, -0.25) is 4.79 Å². The Hall–Kier alpha value is -2.08. The fourth-order valence-corrected chi connectivity index (χ4v) is 7.29. The number of hydrogen-bond acceptors (Lipinski definition) is 4. The van der Waals surface area contributed by atoms with Crippen LogP contribution in [0.2, 0.25) is 0 Å². The summed E-state index contributed by atoms with van der Waals surface area (Å²) in [5, 5.41) is 10.6. The van der Waals surface area contributed by atoms with E-state index in [0.29, 0.717) is 62.9 Å². The first kappa shape index (κ1) is 20.8. The second kappa shape index (κ2) is 8.12. The number of aliphatic hydroxyl groups excluding tert-OH is 1. The Balaban J connectivity index is 1.35. The minimum absolute atomic E-state index is 0.121. The van der Waals surface area contributed by atoms with E-state index in [2.05, 4.69) is 24.3 Å². The van der Waals surface area contributed by atoms with Gasteiger partial charge in [-0.2, -0.15) is 0 Å². The molecule has 1 aliphatic heterocycles. The van der Waals surface area contributed by atoms with Crippen LogP contribution >= 0.6 is 0 Å². The number of ether oxygens (including phenoxy) is 1. The number of amides is 2. The summed E-state index contributed by atoms with van der Waals surface area (Å²) >= 11 is 0. The highest BCUT2D eigenvalue weighted by atomic mass is 16.6. The topological polar surface area (TPSA) is 70.1 Å². The van der Waals surface area contributed by atoms with Crippen molar-refractivity contribution < 1.29 is 19.4 Å². The molecule has 0 spiro atoms. The molecule has 168 valence electrons. The highest BCUT2D eigenvalue weighted by molar-refractivity contribution is 5.79. The molecule has 0 atom stereocenters. The number of carbonyl (C=O) groups excluding carboxylic acids is 2. The first-order valence-electron chi connectivity index (χ1n) is 12.0. The van der Waals surface area contributed by atoms with E-state index < -0.39 is 0 Å². The van der Waals surface area contributed by atoms with Crippen LogP contribution in [0.25, 0.3) is 0 Å². The molecular formula is C25H34N2O4. The molecule has 0 unspecified atom stereocenters. The maximum absolute atomic E-state index is 13.6. The van der Waals surface area contributed by atoms with Crippen LogP contribution in [-0.2, 0) is 14.9 Å². The van der Waals surface area contributed by atoms with Crippen LogP contribution < -0.4 is 0 Å². The fourth-order valence-electron chi connectivity index (χ4n) is 7.29. The zero-order valence-corrected chi connectivity index (χ0v) is 18.4. The van der Waals surface area contributed by atoms with Gasteiger partial charge in [-0.05, 0) is 61.8 Å². The Morgan fingerprint density at radius 3 is 2.06 bits per heavy atom. The molecule has 4 bridgehead atoms. The maximum atomic E-state index is 13.6. The van der Waals surface area contributed by atoms with Gasteiger partial charge in [0.25, 0.3) is 0 Å². The number of hydrogen-bond donors (Lipinski definition) is 1. The Kier molecular flexibility index (Phi) is 5.45. The molecule has 4 saturated carbocycles. The summed E-state index contributed by atoms with van der Waals surface area (Å²) in [5.74, 6) is 1.95. The third kappa shape index (κ3) is 3.43. The Morgan fingerprint density at radius 2 is 1.52 bits per heavy atom. The number of benzene rings is 1. The van der Waals surface area contributed by atoms with E-state index in [9.17, 15) is 14.7 Å². The Bertz CT molecular complexity index is 788. The zero-order chi connectivity index (χ0) is 21.6. The van der Waals surface area contributed by atoms with Gasteiger partial charge in [0.05, 0.1) is 12.7 Å². The van der Waals surface area contributed by atoms with Crippen LogP contribution in [0.1, 0.15) is 44.6 Å². The van der Waals surface area contributed by atoms with E-state index in [1.54, 1.807) is 4.90 Å². The minimum Gasteiger partial charge on any atom is -0.450 e. The van der Waals surface area contributed by atoms with Crippen molar-refractivity contribution in [2.45, 2.75) is 50.5 Å². The lowest BCUT2D eigenvalue weighted by Crippen LogP contribution is -2.61. The zero-order valence-electron chi connectivity index (χ0n) is 18.4. The van der Waals surface area contributed by atoms with E-state index >= 15 is 0 Å². The molecule has 0 aromatic heterocycles. The third-order valence-corrected chi connectivity index (χ3v) is 8.69. The number of rotatable bonds is 4. The van der Waals surface area contributed by atoms with Gasteiger partial charge in [0.1, 0.15) is 0 Å². The van der Waals surface area contributed by atoms with Crippen LogP contribution in [0.15, 0.2) is 30.3 Å². The van der Waals surface area contributed by atoms with E-state index in [0.717, 1.165) is 25.7 Å². The fraction of sp³-hybridized carbons (Fsp3) is 0.680. The molecule has 1 aromatic rings. The highest BCUT2D eigenvalue weighted by Gasteiger charge is 2.61. The smallest absolute Gasteiger partial charge is 0.409 e. The number of piperazine rings is 1.